The van der Waals surface area contributed by atoms with Crippen LogP contribution in [0.3, 0.4) is 0 Å². The Labute approximate surface area is 94.7 Å². The zero-order valence-corrected chi connectivity index (χ0v) is 9.52. The van der Waals surface area contributed by atoms with Crippen LogP contribution in [0.4, 0.5) is 5.82 Å². The molecule has 1 aromatic rings. The first-order valence-corrected chi connectivity index (χ1v) is 5.70. The lowest BCUT2D eigenvalue weighted by Crippen LogP contribution is -2.33. The molecule has 2 atom stereocenters. The normalized spacial score (nSPS) is 24.6. The SMILES string of the molecule is Cn1ccnc(NC2CCCC2CN)c1=O. The molecule has 2 unspecified atom stereocenters. The molecule has 0 radical (unpaired) electrons. The summed E-state index contributed by atoms with van der Waals surface area (Å²) in [5, 5.41) is 3.23. The Balaban J connectivity index is 2.15. The summed E-state index contributed by atoms with van der Waals surface area (Å²) >= 11 is 0. The lowest BCUT2D eigenvalue weighted by atomic mass is 10.0. The van der Waals surface area contributed by atoms with Crippen LogP contribution in [0.5, 0.6) is 0 Å². The molecular formula is C11H18N4O. The minimum absolute atomic E-state index is 0.0785. The summed E-state index contributed by atoms with van der Waals surface area (Å²) in [6.07, 6.45) is 6.67. The first-order valence-electron chi connectivity index (χ1n) is 5.70. The number of hydrogen-bond donors (Lipinski definition) is 2. The third-order valence-corrected chi connectivity index (χ3v) is 3.30. The maximum atomic E-state index is 11.8. The van der Waals surface area contributed by atoms with E-state index in [1.165, 1.54) is 11.0 Å². The van der Waals surface area contributed by atoms with Crippen LogP contribution >= 0.6 is 0 Å². The third-order valence-electron chi connectivity index (χ3n) is 3.30. The van der Waals surface area contributed by atoms with E-state index in [9.17, 15) is 4.79 Å². The van der Waals surface area contributed by atoms with Gasteiger partial charge in [0.1, 0.15) is 0 Å². The summed E-state index contributed by atoms with van der Waals surface area (Å²) in [5.41, 5.74) is 5.62. The maximum absolute atomic E-state index is 11.8. The minimum Gasteiger partial charge on any atom is -0.362 e. The average Bonchev–Trinajstić information content (AvgIpc) is 2.72. The highest BCUT2D eigenvalue weighted by Gasteiger charge is 2.26. The van der Waals surface area contributed by atoms with Crippen molar-refractivity contribution in [1.82, 2.24) is 9.55 Å². The van der Waals surface area contributed by atoms with Gasteiger partial charge >= 0.3 is 0 Å². The van der Waals surface area contributed by atoms with Crippen molar-refractivity contribution in [3.63, 3.8) is 0 Å². The molecule has 1 aliphatic carbocycles. The molecule has 3 N–H and O–H groups in total. The molecule has 1 fully saturated rings. The molecule has 0 aliphatic heterocycles. The van der Waals surface area contributed by atoms with E-state index in [1.807, 2.05) is 0 Å². The first kappa shape index (κ1) is 11.1. The molecule has 1 saturated carbocycles. The van der Waals surface area contributed by atoms with Gasteiger partial charge in [-0.1, -0.05) is 6.42 Å². The van der Waals surface area contributed by atoms with Crippen molar-refractivity contribution in [2.45, 2.75) is 25.3 Å². The van der Waals surface area contributed by atoms with Crippen molar-refractivity contribution in [2.75, 3.05) is 11.9 Å². The molecule has 16 heavy (non-hydrogen) atoms. The second kappa shape index (κ2) is 4.65. The summed E-state index contributed by atoms with van der Waals surface area (Å²) in [6, 6.07) is 0.299. The second-order valence-corrected chi connectivity index (χ2v) is 4.37. The molecule has 2 rings (SSSR count). The highest BCUT2D eigenvalue weighted by Crippen LogP contribution is 2.26. The Morgan fingerprint density at radius 1 is 1.62 bits per heavy atom. The zero-order valence-electron chi connectivity index (χ0n) is 9.52. The number of nitrogens with zero attached hydrogens (tertiary/aromatic N) is 2. The summed E-state index contributed by atoms with van der Waals surface area (Å²) in [4.78, 5) is 15.8. The van der Waals surface area contributed by atoms with E-state index in [1.54, 1.807) is 19.4 Å². The highest BCUT2D eigenvalue weighted by atomic mass is 16.1. The lowest BCUT2D eigenvalue weighted by Gasteiger charge is -2.19. The Kier molecular flexibility index (Phi) is 3.24. The van der Waals surface area contributed by atoms with Crippen LogP contribution in [-0.2, 0) is 7.05 Å². The van der Waals surface area contributed by atoms with Crippen LogP contribution in [0.25, 0.3) is 0 Å². The van der Waals surface area contributed by atoms with Gasteiger partial charge in [-0.3, -0.25) is 4.79 Å². The third kappa shape index (κ3) is 2.09. The molecule has 5 nitrogen and oxygen atoms in total. The lowest BCUT2D eigenvalue weighted by molar-refractivity contribution is 0.514. The van der Waals surface area contributed by atoms with Crippen LogP contribution in [0.2, 0.25) is 0 Å². The van der Waals surface area contributed by atoms with E-state index in [0.717, 1.165) is 12.8 Å². The van der Waals surface area contributed by atoms with E-state index in [4.69, 9.17) is 5.73 Å². The Hall–Kier alpha value is -1.36. The summed E-state index contributed by atoms with van der Waals surface area (Å²) in [7, 11) is 1.73. The topological polar surface area (TPSA) is 72.9 Å². The van der Waals surface area contributed by atoms with Gasteiger partial charge < -0.3 is 15.6 Å². The van der Waals surface area contributed by atoms with Crippen molar-refractivity contribution in [3.05, 3.63) is 22.7 Å². The molecule has 1 aromatic heterocycles. The second-order valence-electron chi connectivity index (χ2n) is 4.37. The number of anilines is 1. The van der Waals surface area contributed by atoms with Crippen LogP contribution in [0.1, 0.15) is 19.3 Å². The fourth-order valence-corrected chi connectivity index (χ4v) is 2.28. The summed E-state index contributed by atoms with van der Waals surface area (Å²) < 4.78 is 1.53. The average molecular weight is 222 g/mol. The predicted octanol–water partition coefficient (Wildman–Crippen LogP) is 0.320. The minimum atomic E-state index is -0.0785. The number of hydrogen-bond acceptors (Lipinski definition) is 4. The van der Waals surface area contributed by atoms with E-state index >= 15 is 0 Å². The Morgan fingerprint density at radius 3 is 3.19 bits per heavy atom. The molecule has 0 saturated heterocycles. The Morgan fingerprint density at radius 2 is 2.44 bits per heavy atom. The molecular weight excluding hydrogens is 204 g/mol. The zero-order chi connectivity index (χ0) is 11.5. The van der Waals surface area contributed by atoms with E-state index in [0.29, 0.717) is 24.3 Å². The van der Waals surface area contributed by atoms with Crippen molar-refractivity contribution >= 4 is 5.82 Å². The van der Waals surface area contributed by atoms with Crippen molar-refractivity contribution in [3.8, 4) is 0 Å². The first-order chi connectivity index (χ1) is 7.72. The quantitative estimate of drug-likeness (QED) is 0.772. The molecule has 0 amide bonds. The molecule has 0 spiro atoms. The van der Waals surface area contributed by atoms with Crippen LogP contribution in [0.15, 0.2) is 17.2 Å². The van der Waals surface area contributed by atoms with Gasteiger partial charge in [-0.2, -0.15) is 0 Å². The fourth-order valence-electron chi connectivity index (χ4n) is 2.28. The number of aromatic nitrogens is 2. The monoisotopic (exact) mass is 222 g/mol. The van der Waals surface area contributed by atoms with Gasteiger partial charge in [-0.25, -0.2) is 4.98 Å². The number of nitrogens with one attached hydrogen (secondary N) is 1. The smallest absolute Gasteiger partial charge is 0.293 e. The summed E-state index contributed by atoms with van der Waals surface area (Å²) in [6.45, 7) is 0.671. The molecule has 0 bridgehead atoms. The van der Waals surface area contributed by atoms with Crippen LogP contribution in [-0.4, -0.2) is 22.1 Å². The highest BCUT2D eigenvalue weighted by molar-refractivity contribution is 5.32. The van der Waals surface area contributed by atoms with Gasteiger partial charge in [0.05, 0.1) is 0 Å². The molecule has 88 valence electrons. The van der Waals surface area contributed by atoms with E-state index in [2.05, 4.69) is 10.3 Å². The van der Waals surface area contributed by atoms with Crippen molar-refractivity contribution in [2.24, 2.45) is 18.7 Å². The van der Waals surface area contributed by atoms with Crippen LogP contribution < -0.4 is 16.6 Å². The standard InChI is InChI=1S/C11H18N4O/c1-15-6-5-13-10(11(15)16)14-9-4-2-3-8(9)7-12/h5-6,8-9H,2-4,7,12H2,1H3,(H,13,14). The predicted molar refractivity (Wildman–Crippen MR) is 63.3 cm³/mol. The molecule has 1 aliphatic rings. The maximum Gasteiger partial charge on any atom is 0.293 e. The fraction of sp³-hybridized carbons (Fsp3) is 0.636. The Bertz CT molecular complexity index is 415. The van der Waals surface area contributed by atoms with E-state index < -0.39 is 0 Å². The number of aryl methyl sites for hydroxylation is 1. The van der Waals surface area contributed by atoms with Crippen LogP contribution in [0, 0.1) is 5.92 Å². The number of rotatable bonds is 3. The van der Waals surface area contributed by atoms with Gasteiger partial charge in [0.15, 0.2) is 5.82 Å². The van der Waals surface area contributed by atoms with Crippen molar-refractivity contribution in [1.29, 1.82) is 0 Å². The molecule has 0 aromatic carbocycles. The van der Waals surface area contributed by atoms with Gasteiger partial charge in [0.25, 0.3) is 5.56 Å². The van der Waals surface area contributed by atoms with E-state index in [-0.39, 0.29) is 5.56 Å². The molecule has 1 heterocycles. The molecule has 5 heteroatoms. The number of nitrogens with two attached hydrogens (primary N) is 1. The van der Waals surface area contributed by atoms with Gasteiger partial charge in [0, 0.05) is 25.5 Å². The largest absolute Gasteiger partial charge is 0.362 e. The summed E-state index contributed by atoms with van der Waals surface area (Å²) in [5.74, 6) is 0.905. The van der Waals surface area contributed by atoms with Crippen molar-refractivity contribution < 1.29 is 0 Å². The van der Waals surface area contributed by atoms with Gasteiger partial charge in [-0.15, -0.1) is 0 Å². The van der Waals surface area contributed by atoms with Gasteiger partial charge in [0.2, 0.25) is 0 Å². The van der Waals surface area contributed by atoms with Gasteiger partial charge in [-0.05, 0) is 25.3 Å².